The molecule has 0 saturated heterocycles. The highest BCUT2D eigenvalue weighted by Gasteiger charge is 2.27. The first kappa shape index (κ1) is 46.7. The molecule has 0 amide bonds. The van der Waals surface area contributed by atoms with Crippen LogP contribution >= 0.6 is 0 Å². The monoisotopic (exact) mass is 934 g/mol. The Labute approximate surface area is 383 Å². The number of aromatic hydroxyl groups is 9. The second-order valence-corrected chi connectivity index (χ2v) is 15.0. The molecule has 0 unspecified atom stereocenters. The summed E-state index contributed by atoms with van der Waals surface area (Å²) < 4.78 is 31.8. The lowest BCUT2D eigenvalue weighted by Gasteiger charge is -2.22. The summed E-state index contributed by atoms with van der Waals surface area (Å²) in [5, 5.41) is 93.6. The lowest BCUT2D eigenvalue weighted by molar-refractivity contribution is 0.0209. The van der Waals surface area contributed by atoms with Gasteiger partial charge >= 0.3 is 29.8 Å². The van der Waals surface area contributed by atoms with Crippen LogP contribution in [-0.2, 0) is 11.3 Å². The van der Waals surface area contributed by atoms with Gasteiger partial charge in [-0.2, -0.15) is 0 Å². The van der Waals surface area contributed by atoms with Gasteiger partial charge in [0.05, 0.1) is 27.8 Å². The first-order valence-electron chi connectivity index (χ1n) is 20.3. The fourth-order valence-electron chi connectivity index (χ4n) is 6.68. The Bertz CT molecular complexity index is 2960. The molecule has 0 radical (unpaired) electrons. The molecule has 1 fully saturated rings. The Balaban J connectivity index is 1.04. The largest absolute Gasteiger partial charge is 0.504 e. The molecule has 68 heavy (non-hydrogen) atoms. The van der Waals surface area contributed by atoms with E-state index in [0.29, 0.717) is 24.5 Å². The minimum absolute atomic E-state index is 0.0638. The van der Waals surface area contributed by atoms with Crippen LogP contribution in [0, 0.1) is 0 Å². The summed E-state index contributed by atoms with van der Waals surface area (Å²) in [5.74, 6) is -17.3. The van der Waals surface area contributed by atoms with E-state index in [4.69, 9.17) is 28.4 Å². The fourth-order valence-corrected chi connectivity index (χ4v) is 6.68. The molecule has 0 spiro atoms. The van der Waals surface area contributed by atoms with Crippen molar-refractivity contribution in [3.63, 3.8) is 0 Å². The number of rotatable bonds is 13. The summed E-state index contributed by atoms with van der Waals surface area (Å²) >= 11 is 0. The van der Waals surface area contributed by atoms with Gasteiger partial charge in [-0.3, -0.25) is 0 Å². The average Bonchev–Trinajstić information content (AvgIpc) is 3.32. The van der Waals surface area contributed by atoms with Gasteiger partial charge in [-0.1, -0.05) is 36.8 Å². The maximum atomic E-state index is 13.3. The van der Waals surface area contributed by atoms with Crippen LogP contribution in [0.15, 0.2) is 97.1 Å². The van der Waals surface area contributed by atoms with Gasteiger partial charge in [0.2, 0.25) is 23.0 Å². The number of phenols is 9. The molecule has 1 aliphatic rings. The van der Waals surface area contributed by atoms with E-state index in [2.05, 4.69) is 0 Å². The minimum atomic E-state index is -1.35. The van der Waals surface area contributed by atoms with Gasteiger partial charge in [-0.15, -0.1) is 0 Å². The molecule has 20 nitrogen and oxygen atoms in total. The van der Waals surface area contributed by atoms with Crippen molar-refractivity contribution in [2.75, 3.05) is 0 Å². The van der Waals surface area contributed by atoms with Crippen LogP contribution in [0.4, 0.5) is 0 Å². The standard InChI is InChI=1S/C48H38O20/c49-30-12-11-24(44(58)66-37-21-28(16-34(53)41(37)55)48(62)68-38-19-26(14-32(51)42(38)56)45(59)64-29-9-5-2-6-10-29)17-35(30)65-46(60)27-15-33(52)43(57)39(20-27)67-47(61)25-13-31(50)40(54)36(18-25)63-22-23-7-3-1-4-8-23/h1,3-4,7-8,11-21,29,49-57H,2,5-6,9-10,22H2. The lowest BCUT2D eigenvalue weighted by atomic mass is 9.98. The van der Waals surface area contributed by atoms with Gasteiger partial charge in [0, 0.05) is 0 Å². The number of hydrogen-bond donors (Lipinski definition) is 9. The highest BCUT2D eigenvalue weighted by molar-refractivity contribution is 5.98. The smallest absolute Gasteiger partial charge is 0.343 e. The molecule has 6 aromatic rings. The zero-order valence-corrected chi connectivity index (χ0v) is 35.1. The van der Waals surface area contributed by atoms with Crippen molar-refractivity contribution in [3.05, 3.63) is 130 Å². The quantitative estimate of drug-likeness (QED) is 0.0320. The first-order valence-corrected chi connectivity index (χ1v) is 20.3. The van der Waals surface area contributed by atoms with Crippen LogP contribution in [0.5, 0.6) is 80.5 Å². The van der Waals surface area contributed by atoms with E-state index in [9.17, 15) is 69.9 Å². The maximum absolute atomic E-state index is 13.3. The summed E-state index contributed by atoms with van der Waals surface area (Å²) in [7, 11) is 0. The van der Waals surface area contributed by atoms with Crippen molar-refractivity contribution in [2.24, 2.45) is 0 Å². The van der Waals surface area contributed by atoms with E-state index in [0.717, 1.165) is 79.9 Å². The van der Waals surface area contributed by atoms with Crippen molar-refractivity contribution in [1.82, 2.24) is 0 Å². The van der Waals surface area contributed by atoms with Gasteiger partial charge in [-0.05, 0) is 98.0 Å². The number of carbonyl (C=O) groups is 5. The minimum Gasteiger partial charge on any atom is -0.504 e. The van der Waals surface area contributed by atoms with Crippen LogP contribution in [0.2, 0.25) is 0 Å². The zero-order valence-electron chi connectivity index (χ0n) is 35.1. The molecule has 1 saturated carbocycles. The third-order valence-corrected chi connectivity index (χ3v) is 10.2. The molecule has 0 bridgehead atoms. The van der Waals surface area contributed by atoms with Gasteiger partial charge in [0.25, 0.3) is 0 Å². The summed E-state index contributed by atoms with van der Waals surface area (Å²) in [6.45, 7) is -0.0638. The third-order valence-electron chi connectivity index (χ3n) is 10.2. The van der Waals surface area contributed by atoms with Crippen LogP contribution in [0.3, 0.4) is 0 Å². The summed E-state index contributed by atoms with van der Waals surface area (Å²) in [6.07, 6.45) is 3.63. The molecular weight excluding hydrogens is 897 g/mol. The number of esters is 5. The van der Waals surface area contributed by atoms with Crippen molar-refractivity contribution in [3.8, 4) is 80.5 Å². The Hall–Kier alpha value is -9.33. The number of ether oxygens (including phenoxy) is 6. The molecular formula is C48H38O20. The highest BCUT2D eigenvalue weighted by atomic mass is 16.6. The van der Waals surface area contributed by atoms with Crippen molar-refractivity contribution >= 4 is 29.8 Å². The zero-order chi connectivity index (χ0) is 48.8. The molecule has 0 aromatic heterocycles. The van der Waals surface area contributed by atoms with Crippen LogP contribution in [0.1, 0.15) is 89.5 Å². The first-order chi connectivity index (χ1) is 32.4. The van der Waals surface area contributed by atoms with E-state index in [1.807, 2.05) is 0 Å². The average molecular weight is 935 g/mol. The molecule has 1 aliphatic carbocycles. The number of phenolic OH excluding ortho intramolecular Hbond substituents is 9. The Morgan fingerprint density at radius 1 is 0.397 bits per heavy atom. The van der Waals surface area contributed by atoms with E-state index in [1.165, 1.54) is 0 Å². The summed E-state index contributed by atoms with van der Waals surface area (Å²) in [5.41, 5.74) is -1.56. The van der Waals surface area contributed by atoms with E-state index in [-0.39, 0.29) is 24.0 Å². The normalized spacial score (nSPS) is 12.4. The SMILES string of the molecule is O=C(Oc1cc(C(=O)Oc2cc(C(=O)Oc3cc(C(=O)OC4CCCCC4)cc(O)c3O)cc(O)c2O)ccc1O)c1cc(O)c(O)c(OC(=O)c2cc(O)c(O)c(OCc3ccccc3)c2)c1. The van der Waals surface area contributed by atoms with Gasteiger partial charge in [0.1, 0.15) is 12.7 Å². The number of hydrogen-bond acceptors (Lipinski definition) is 20. The van der Waals surface area contributed by atoms with E-state index >= 15 is 0 Å². The Morgan fingerprint density at radius 2 is 0.779 bits per heavy atom. The topological polar surface area (TPSA) is 323 Å². The molecule has 0 heterocycles. The molecule has 6 aromatic carbocycles. The predicted octanol–water partition coefficient (Wildman–Crippen LogP) is 6.98. The fraction of sp³-hybridized carbons (Fsp3) is 0.146. The number of benzene rings is 6. The molecule has 350 valence electrons. The van der Waals surface area contributed by atoms with Crippen molar-refractivity contribution < 1.29 is 98.4 Å². The molecule has 7 rings (SSSR count). The van der Waals surface area contributed by atoms with Crippen LogP contribution in [0.25, 0.3) is 0 Å². The molecule has 9 N–H and O–H groups in total. The van der Waals surface area contributed by atoms with Crippen molar-refractivity contribution in [1.29, 1.82) is 0 Å². The lowest BCUT2D eigenvalue weighted by Crippen LogP contribution is -2.21. The highest BCUT2D eigenvalue weighted by Crippen LogP contribution is 2.42. The summed E-state index contributed by atoms with van der Waals surface area (Å²) in [6, 6.07) is 18.1. The maximum Gasteiger partial charge on any atom is 0.343 e. The molecule has 0 aliphatic heterocycles. The van der Waals surface area contributed by atoms with E-state index < -0.39 is 127 Å². The second-order valence-electron chi connectivity index (χ2n) is 15.0. The van der Waals surface area contributed by atoms with Crippen molar-refractivity contribution in [2.45, 2.75) is 44.8 Å². The van der Waals surface area contributed by atoms with Crippen LogP contribution in [-0.4, -0.2) is 81.9 Å². The van der Waals surface area contributed by atoms with Gasteiger partial charge in [0.15, 0.2) is 57.5 Å². The Morgan fingerprint density at radius 3 is 1.25 bits per heavy atom. The number of carbonyl (C=O) groups excluding carboxylic acids is 5. The van der Waals surface area contributed by atoms with Gasteiger partial charge < -0.3 is 74.4 Å². The van der Waals surface area contributed by atoms with Gasteiger partial charge in [-0.25, -0.2) is 24.0 Å². The second kappa shape index (κ2) is 19.8. The predicted molar refractivity (Wildman–Crippen MR) is 230 cm³/mol. The van der Waals surface area contributed by atoms with E-state index in [1.54, 1.807) is 30.3 Å². The Kier molecular flexibility index (Phi) is 13.6. The molecule has 20 heteroatoms. The van der Waals surface area contributed by atoms with Crippen LogP contribution < -0.4 is 23.7 Å². The molecule has 0 atom stereocenters. The third kappa shape index (κ3) is 10.6. The summed E-state index contributed by atoms with van der Waals surface area (Å²) in [4.78, 5) is 65.8.